The minimum Gasteiger partial charge on any atom is -0.386 e. The van der Waals surface area contributed by atoms with Crippen molar-refractivity contribution in [3.63, 3.8) is 0 Å². The third kappa shape index (κ3) is 2.94. The molecule has 0 aliphatic carbocycles. The van der Waals surface area contributed by atoms with Gasteiger partial charge in [-0.15, -0.1) is 0 Å². The van der Waals surface area contributed by atoms with Crippen molar-refractivity contribution in [3.05, 3.63) is 41.5 Å². The summed E-state index contributed by atoms with van der Waals surface area (Å²) in [6, 6.07) is 5.58. The Hall–Kier alpha value is -1.12. The summed E-state index contributed by atoms with van der Waals surface area (Å²) in [5.41, 5.74) is 0.624. The van der Waals surface area contributed by atoms with Gasteiger partial charge >= 0.3 is 0 Å². The molecule has 0 spiro atoms. The molecular weight excluding hydrogens is 200 g/mol. The van der Waals surface area contributed by atoms with E-state index >= 15 is 0 Å². The van der Waals surface area contributed by atoms with Gasteiger partial charge in [-0.3, -0.25) is 0 Å². The van der Waals surface area contributed by atoms with Crippen LogP contribution in [0.5, 0.6) is 0 Å². The van der Waals surface area contributed by atoms with Crippen LogP contribution < -0.4 is 0 Å². The summed E-state index contributed by atoms with van der Waals surface area (Å²) in [4.78, 5) is 0. The maximum absolute atomic E-state index is 9.98. The number of rotatable bonds is 3. The molecule has 0 atom stereocenters. The number of hydrogen-bond donors (Lipinski definition) is 2. The van der Waals surface area contributed by atoms with Crippen LogP contribution in [0.1, 0.15) is 44.4 Å². The summed E-state index contributed by atoms with van der Waals surface area (Å²) in [7, 11) is 0. The summed E-state index contributed by atoms with van der Waals surface area (Å²) in [6.45, 7) is 10.6. The van der Waals surface area contributed by atoms with Gasteiger partial charge in [0.15, 0.2) is 0 Å². The number of hydrogen-bond acceptors (Lipinski definition) is 2. The standard InChI is InChI=1S/C14H20O2/c1-6-10-7-11(13(2,3)15)9-12(8-10)14(4,5)16/h6-9,15-16H,1H2,2-5H3. The van der Waals surface area contributed by atoms with Crippen molar-refractivity contribution in [2.75, 3.05) is 0 Å². The number of aliphatic hydroxyl groups is 2. The Morgan fingerprint density at radius 2 is 1.31 bits per heavy atom. The molecule has 0 saturated carbocycles. The lowest BCUT2D eigenvalue weighted by molar-refractivity contribution is 0.0718. The zero-order chi connectivity index (χ0) is 12.6. The van der Waals surface area contributed by atoms with Gasteiger partial charge in [-0.05, 0) is 56.5 Å². The predicted molar refractivity (Wildman–Crippen MR) is 67.0 cm³/mol. The Kier molecular flexibility index (Phi) is 3.27. The van der Waals surface area contributed by atoms with Crippen molar-refractivity contribution in [1.82, 2.24) is 0 Å². The first-order valence-electron chi connectivity index (χ1n) is 5.38. The van der Waals surface area contributed by atoms with Gasteiger partial charge in [0.05, 0.1) is 11.2 Å². The lowest BCUT2D eigenvalue weighted by atomic mass is 9.89. The second-order valence-electron chi connectivity index (χ2n) is 5.17. The highest BCUT2D eigenvalue weighted by Gasteiger charge is 2.22. The monoisotopic (exact) mass is 220 g/mol. The van der Waals surface area contributed by atoms with Gasteiger partial charge in [-0.1, -0.05) is 18.7 Å². The quantitative estimate of drug-likeness (QED) is 0.822. The molecule has 2 N–H and O–H groups in total. The van der Waals surface area contributed by atoms with Crippen LogP contribution in [-0.2, 0) is 11.2 Å². The van der Waals surface area contributed by atoms with Gasteiger partial charge in [0, 0.05) is 0 Å². The van der Waals surface area contributed by atoms with Crippen molar-refractivity contribution >= 4 is 6.08 Å². The van der Waals surface area contributed by atoms with Crippen molar-refractivity contribution in [3.8, 4) is 0 Å². The molecule has 2 nitrogen and oxygen atoms in total. The predicted octanol–water partition coefficient (Wildman–Crippen LogP) is 2.78. The molecule has 0 aliphatic rings. The topological polar surface area (TPSA) is 40.5 Å². The molecule has 2 heteroatoms. The highest BCUT2D eigenvalue weighted by Crippen LogP contribution is 2.28. The third-order valence-corrected chi connectivity index (χ3v) is 2.60. The summed E-state index contributed by atoms with van der Waals surface area (Å²) in [5, 5.41) is 20.0. The van der Waals surface area contributed by atoms with E-state index in [4.69, 9.17) is 0 Å². The average Bonchev–Trinajstić information content (AvgIpc) is 2.14. The van der Waals surface area contributed by atoms with E-state index in [1.165, 1.54) is 0 Å². The normalized spacial score (nSPS) is 12.6. The van der Waals surface area contributed by atoms with E-state index in [1.807, 2.05) is 18.2 Å². The Morgan fingerprint density at radius 3 is 1.56 bits per heavy atom. The molecular formula is C14H20O2. The van der Waals surface area contributed by atoms with Crippen molar-refractivity contribution in [2.24, 2.45) is 0 Å². The lowest BCUT2D eigenvalue weighted by Crippen LogP contribution is -2.20. The molecule has 0 radical (unpaired) electrons. The second kappa shape index (κ2) is 4.04. The summed E-state index contributed by atoms with van der Waals surface area (Å²) in [6.07, 6.45) is 1.71. The van der Waals surface area contributed by atoms with Crippen molar-refractivity contribution < 1.29 is 10.2 Å². The van der Waals surface area contributed by atoms with E-state index in [-0.39, 0.29) is 0 Å². The molecule has 0 aliphatic heterocycles. The van der Waals surface area contributed by atoms with E-state index < -0.39 is 11.2 Å². The van der Waals surface area contributed by atoms with Crippen LogP contribution in [0, 0.1) is 0 Å². The van der Waals surface area contributed by atoms with Gasteiger partial charge in [-0.2, -0.15) is 0 Å². The zero-order valence-electron chi connectivity index (χ0n) is 10.4. The van der Waals surface area contributed by atoms with Gasteiger partial charge in [0.2, 0.25) is 0 Å². The molecule has 1 aromatic carbocycles. The third-order valence-electron chi connectivity index (χ3n) is 2.60. The summed E-state index contributed by atoms with van der Waals surface area (Å²) in [5.74, 6) is 0. The maximum atomic E-state index is 9.98. The maximum Gasteiger partial charge on any atom is 0.0840 e. The Labute approximate surface area is 97.2 Å². The van der Waals surface area contributed by atoms with E-state index in [2.05, 4.69) is 6.58 Å². The zero-order valence-corrected chi connectivity index (χ0v) is 10.4. The summed E-state index contributed by atoms with van der Waals surface area (Å²) >= 11 is 0. The Morgan fingerprint density at radius 1 is 0.938 bits per heavy atom. The fourth-order valence-corrected chi connectivity index (χ4v) is 1.48. The molecule has 0 saturated heterocycles. The molecule has 0 bridgehead atoms. The SMILES string of the molecule is C=Cc1cc(C(C)(C)O)cc(C(C)(C)O)c1. The number of benzene rings is 1. The van der Waals surface area contributed by atoms with E-state index in [1.54, 1.807) is 33.8 Å². The van der Waals surface area contributed by atoms with Crippen LogP contribution >= 0.6 is 0 Å². The van der Waals surface area contributed by atoms with Crippen LogP contribution in [0.15, 0.2) is 24.8 Å². The lowest BCUT2D eigenvalue weighted by Gasteiger charge is -2.24. The fraction of sp³-hybridized carbons (Fsp3) is 0.429. The minimum absolute atomic E-state index is 0.780. The van der Waals surface area contributed by atoms with E-state index in [0.717, 1.165) is 16.7 Å². The van der Waals surface area contributed by atoms with Crippen LogP contribution in [0.25, 0.3) is 6.08 Å². The van der Waals surface area contributed by atoms with Crippen LogP contribution in [-0.4, -0.2) is 10.2 Å². The molecule has 0 aromatic heterocycles. The van der Waals surface area contributed by atoms with Gasteiger partial charge in [-0.25, -0.2) is 0 Å². The minimum atomic E-state index is -0.918. The molecule has 1 aromatic rings. The van der Waals surface area contributed by atoms with E-state index in [9.17, 15) is 10.2 Å². The van der Waals surface area contributed by atoms with Gasteiger partial charge < -0.3 is 10.2 Å². The van der Waals surface area contributed by atoms with Crippen molar-refractivity contribution in [1.29, 1.82) is 0 Å². The molecule has 88 valence electrons. The fourth-order valence-electron chi connectivity index (χ4n) is 1.48. The van der Waals surface area contributed by atoms with Gasteiger partial charge in [0.25, 0.3) is 0 Å². The highest BCUT2D eigenvalue weighted by atomic mass is 16.3. The average molecular weight is 220 g/mol. The molecule has 1 rings (SSSR count). The van der Waals surface area contributed by atoms with Crippen LogP contribution in [0.4, 0.5) is 0 Å². The Balaban J connectivity index is 3.39. The van der Waals surface area contributed by atoms with Crippen molar-refractivity contribution in [2.45, 2.75) is 38.9 Å². The first-order chi connectivity index (χ1) is 7.14. The molecule has 16 heavy (non-hydrogen) atoms. The van der Waals surface area contributed by atoms with Crippen LogP contribution in [0.2, 0.25) is 0 Å². The van der Waals surface area contributed by atoms with Gasteiger partial charge in [0.1, 0.15) is 0 Å². The second-order valence-corrected chi connectivity index (χ2v) is 5.17. The first-order valence-corrected chi connectivity index (χ1v) is 5.38. The smallest absolute Gasteiger partial charge is 0.0840 e. The highest BCUT2D eigenvalue weighted by molar-refractivity contribution is 5.51. The Bertz CT molecular complexity index is 360. The molecule has 0 heterocycles. The molecule has 0 fully saturated rings. The molecule has 0 unspecified atom stereocenters. The largest absolute Gasteiger partial charge is 0.386 e. The van der Waals surface area contributed by atoms with Crippen LogP contribution in [0.3, 0.4) is 0 Å². The van der Waals surface area contributed by atoms with E-state index in [0.29, 0.717) is 0 Å². The molecule has 0 amide bonds. The summed E-state index contributed by atoms with van der Waals surface area (Å²) < 4.78 is 0. The first kappa shape index (κ1) is 12.9.